The Kier molecular flexibility index (Phi) is 4.16. The first-order chi connectivity index (χ1) is 5.00. The first-order valence-corrected chi connectivity index (χ1v) is 4.21. The van der Waals surface area contributed by atoms with E-state index in [0.29, 0.717) is 5.92 Å². The second-order valence-electron chi connectivity index (χ2n) is 3.41. The Hall–Kier alpha value is -0.530. The van der Waals surface area contributed by atoms with Gasteiger partial charge in [-0.25, -0.2) is 0 Å². The van der Waals surface area contributed by atoms with Crippen molar-refractivity contribution in [3.05, 3.63) is 0 Å². The van der Waals surface area contributed by atoms with Crippen LogP contribution in [0.2, 0.25) is 0 Å². The van der Waals surface area contributed by atoms with Crippen molar-refractivity contribution in [2.24, 2.45) is 11.8 Å². The van der Waals surface area contributed by atoms with Crippen LogP contribution in [-0.2, 0) is 4.79 Å². The molecule has 0 bridgehead atoms. The van der Waals surface area contributed by atoms with E-state index in [1.165, 1.54) is 0 Å². The van der Waals surface area contributed by atoms with Crippen molar-refractivity contribution in [3.63, 3.8) is 0 Å². The molecule has 0 heterocycles. The summed E-state index contributed by atoms with van der Waals surface area (Å²) in [5, 5.41) is 0. The normalized spacial score (nSPS) is 15.7. The summed E-state index contributed by atoms with van der Waals surface area (Å²) in [5.41, 5.74) is 0. The largest absolute Gasteiger partial charge is 0.349 e. The van der Waals surface area contributed by atoms with E-state index in [2.05, 4.69) is 13.8 Å². The molecule has 2 nitrogen and oxygen atoms in total. The quantitative estimate of drug-likeness (QED) is 0.611. The summed E-state index contributed by atoms with van der Waals surface area (Å²) in [6, 6.07) is 0. The van der Waals surface area contributed by atoms with Gasteiger partial charge < -0.3 is 4.90 Å². The van der Waals surface area contributed by atoms with Crippen molar-refractivity contribution in [1.29, 1.82) is 0 Å². The van der Waals surface area contributed by atoms with Crippen LogP contribution in [0.5, 0.6) is 0 Å². The average molecular weight is 157 g/mol. The third-order valence-electron chi connectivity index (χ3n) is 2.33. The maximum atomic E-state index is 11.4. The van der Waals surface area contributed by atoms with Crippen LogP contribution in [0.15, 0.2) is 0 Å². The topological polar surface area (TPSA) is 20.3 Å². The first kappa shape index (κ1) is 10.5. The zero-order valence-corrected chi connectivity index (χ0v) is 8.22. The van der Waals surface area contributed by atoms with Gasteiger partial charge in [-0.2, -0.15) is 0 Å². The molecule has 0 radical (unpaired) electrons. The van der Waals surface area contributed by atoms with E-state index in [0.717, 1.165) is 6.42 Å². The lowest BCUT2D eigenvalue weighted by molar-refractivity contribution is -0.133. The predicted octanol–water partition coefficient (Wildman–Crippen LogP) is 1.76. The molecule has 0 aliphatic heterocycles. The highest BCUT2D eigenvalue weighted by Crippen LogP contribution is 2.15. The molecule has 0 aromatic carbocycles. The fraction of sp³-hybridized carbons (Fsp3) is 0.889. The van der Waals surface area contributed by atoms with Gasteiger partial charge >= 0.3 is 0 Å². The third kappa shape index (κ3) is 2.91. The fourth-order valence-corrected chi connectivity index (χ4v) is 1.00. The van der Waals surface area contributed by atoms with E-state index in [4.69, 9.17) is 0 Å². The smallest absolute Gasteiger partial charge is 0.225 e. The summed E-state index contributed by atoms with van der Waals surface area (Å²) in [6.07, 6.45) is 1.07. The van der Waals surface area contributed by atoms with Crippen molar-refractivity contribution in [3.8, 4) is 0 Å². The Balaban J connectivity index is 4.02. The van der Waals surface area contributed by atoms with Gasteiger partial charge in [0.15, 0.2) is 0 Å². The number of hydrogen-bond acceptors (Lipinski definition) is 1. The van der Waals surface area contributed by atoms with Crippen LogP contribution in [0, 0.1) is 11.8 Å². The Morgan fingerprint density at radius 3 is 2.09 bits per heavy atom. The second-order valence-corrected chi connectivity index (χ2v) is 3.41. The second kappa shape index (κ2) is 4.37. The Bertz CT molecular complexity index is 132. The Morgan fingerprint density at radius 2 is 1.82 bits per heavy atom. The molecule has 0 N–H and O–H groups in total. The molecule has 0 aromatic heterocycles. The van der Waals surface area contributed by atoms with E-state index < -0.39 is 0 Å². The summed E-state index contributed by atoms with van der Waals surface area (Å²) >= 11 is 0. The minimum absolute atomic E-state index is 0.162. The van der Waals surface area contributed by atoms with E-state index in [1.54, 1.807) is 19.0 Å². The molecular weight excluding hydrogens is 138 g/mol. The lowest BCUT2D eigenvalue weighted by atomic mass is 9.93. The van der Waals surface area contributed by atoms with Crippen LogP contribution in [0.3, 0.4) is 0 Å². The van der Waals surface area contributed by atoms with Gasteiger partial charge in [-0.1, -0.05) is 27.2 Å². The first-order valence-electron chi connectivity index (χ1n) is 4.21. The summed E-state index contributed by atoms with van der Waals surface area (Å²) < 4.78 is 0. The van der Waals surface area contributed by atoms with Gasteiger partial charge in [0.1, 0.15) is 0 Å². The monoisotopic (exact) mass is 157 g/mol. The predicted molar refractivity (Wildman–Crippen MR) is 47.3 cm³/mol. The standard InChI is InChI=1S/C9H19NO/c1-6-7(2)8(3)9(11)10(4)5/h7-8H,6H2,1-5H3/t7-,8-/m0/s1. The fourth-order valence-electron chi connectivity index (χ4n) is 1.00. The van der Waals surface area contributed by atoms with Crippen molar-refractivity contribution >= 4 is 5.91 Å². The molecule has 11 heavy (non-hydrogen) atoms. The average Bonchev–Trinajstić information content (AvgIpc) is 2.00. The molecule has 0 unspecified atom stereocenters. The molecule has 2 heteroatoms. The van der Waals surface area contributed by atoms with E-state index in [-0.39, 0.29) is 11.8 Å². The van der Waals surface area contributed by atoms with Gasteiger partial charge in [0.05, 0.1) is 0 Å². The minimum atomic E-state index is 0.162. The SMILES string of the molecule is CC[C@H](C)[C@H](C)C(=O)N(C)C. The number of nitrogens with zero attached hydrogens (tertiary/aromatic N) is 1. The van der Waals surface area contributed by atoms with Gasteiger partial charge in [-0.15, -0.1) is 0 Å². The van der Waals surface area contributed by atoms with Crippen LogP contribution in [0.25, 0.3) is 0 Å². The number of hydrogen-bond donors (Lipinski definition) is 0. The molecule has 0 fully saturated rings. The van der Waals surface area contributed by atoms with Gasteiger partial charge in [-0.05, 0) is 5.92 Å². The zero-order valence-electron chi connectivity index (χ0n) is 8.22. The van der Waals surface area contributed by atoms with Crippen LogP contribution in [-0.4, -0.2) is 24.9 Å². The molecular formula is C9H19NO. The van der Waals surface area contributed by atoms with E-state index in [9.17, 15) is 4.79 Å². The van der Waals surface area contributed by atoms with Crippen LogP contribution in [0.4, 0.5) is 0 Å². The van der Waals surface area contributed by atoms with Crippen molar-refractivity contribution in [2.75, 3.05) is 14.1 Å². The van der Waals surface area contributed by atoms with Crippen LogP contribution < -0.4 is 0 Å². The summed E-state index contributed by atoms with van der Waals surface area (Å²) in [4.78, 5) is 13.0. The van der Waals surface area contributed by atoms with Crippen LogP contribution in [0.1, 0.15) is 27.2 Å². The summed E-state index contributed by atoms with van der Waals surface area (Å²) in [5.74, 6) is 0.888. The maximum absolute atomic E-state index is 11.4. The molecule has 0 aromatic rings. The number of amides is 1. The van der Waals surface area contributed by atoms with Crippen molar-refractivity contribution < 1.29 is 4.79 Å². The number of carbonyl (C=O) groups excluding carboxylic acids is 1. The van der Waals surface area contributed by atoms with Gasteiger partial charge in [0, 0.05) is 20.0 Å². The minimum Gasteiger partial charge on any atom is -0.349 e. The van der Waals surface area contributed by atoms with E-state index in [1.807, 2.05) is 6.92 Å². The van der Waals surface area contributed by atoms with Gasteiger partial charge in [0.25, 0.3) is 0 Å². The number of carbonyl (C=O) groups is 1. The third-order valence-corrected chi connectivity index (χ3v) is 2.33. The molecule has 0 spiro atoms. The molecule has 2 atom stereocenters. The molecule has 0 saturated heterocycles. The van der Waals surface area contributed by atoms with Crippen molar-refractivity contribution in [1.82, 2.24) is 4.90 Å². The summed E-state index contributed by atoms with van der Waals surface area (Å²) in [6.45, 7) is 6.23. The highest BCUT2D eigenvalue weighted by atomic mass is 16.2. The lowest BCUT2D eigenvalue weighted by Crippen LogP contribution is -2.31. The Labute approximate surface area is 69.6 Å². The molecule has 0 aliphatic rings. The van der Waals surface area contributed by atoms with Crippen LogP contribution >= 0.6 is 0 Å². The molecule has 0 rings (SSSR count). The Morgan fingerprint density at radius 1 is 1.36 bits per heavy atom. The maximum Gasteiger partial charge on any atom is 0.225 e. The molecule has 0 aliphatic carbocycles. The number of rotatable bonds is 3. The lowest BCUT2D eigenvalue weighted by Gasteiger charge is -2.21. The summed E-state index contributed by atoms with van der Waals surface area (Å²) in [7, 11) is 3.61. The molecule has 1 amide bonds. The molecule has 0 saturated carbocycles. The van der Waals surface area contributed by atoms with E-state index >= 15 is 0 Å². The highest BCUT2D eigenvalue weighted by Gasteiger charge is 2.19. The zero-order chi connectivity index (χ0) is 9.02. The van der Waals surface area contributed by atoms with Gasteiger partial charge in [-0.3, -0.25) is 4.79 Å². The van der Waals surface area contributed by atoms with Gasteiger partial charge in [0.2, 0.25) is 5.91 Å². The highest BCUT2D eigenvalue weighted by molar-refractivity contribution is 5.78. The molecule has 66 valence electrons. The van der Waals surface area contributed by atoms with Crippen molar-refractivity contribution in [2.45, 2.75) is 27.2 Å².